The van der Waals surface area contributed by atoms with Crippen LogP contribution >= 0.6 is 0 Å². The first kappa shape index (κ1) is 19.4. The van der Waals surface area contributed by atoms with Crippen molar-refractivity contribution in [3.05, 3.63) is 77.7 Å². The Morgan fingerprint density at radius 1 is 1.00 bits per heavy atom. The van der Waals surface area contributed by atoms with Gasteiger partial charge >= 0.3 is 0 Å². The predicted octanol–water partition coefficient (Wildman–Crippen LogP) is 3.85. The largest absolute Gasteiger partial charge is 0.493 e. The maximum atomic E-state index is 12.5. The van der Waals surface area contributed by atoms with Gasteiger partial charge in [-0.2, -0.15) is 0 Å². The molecule has 6 nitrogen and oxygen atoms in total. The van der Waals surface area contributed by atoms with Crippen LogP contribution in [0.5, 0.6) is 17.2 Å². The summed E-state index contributed by atoms with van der Waals surface area (Å²) >= 11 is 0. The standard InChI is InChI=1S/C22H23NO5/c1-25-19-13-17(22(24)23-11-10-18-9-6-12-27-18)14-20(26-2)21(19)28-15-16-7-4-3-5-8-16/h3-9,12-14H,10-11,15H2,1-2H3,(H,23,24). The average molecular weight is 381 g/mol. The van der Waals surface area contributed by atoms with Gasteiger partial charge in [-0.1, -0.05) is 30.3 Å². The predicted molar refractivity (Wildman–Crippen MR) is 105 cm³/mol. The van der Waals surface area contributed by atoms with Crippen molar-refractivity contribution in [2.75, 3.05) is 20.8 Å². The smallest absolute Gasteiger partial charge is 0.251 e. The molecule has 1 heterocycles. The molecular formula is C22H23NO5. The van der Waals surface area contributed by atoms with Gasteiger partial charge in [-0.25, -0.2) is 0 Å². The summed E-state index contributed by atoms with van der Waals surface area (Å²) in [5.41, 5.74) is 1.45. The SMILES string of the molecule is COc1cc(C(=O)NCCc2ccco2)cc(OC)c1OCc1ccccc1. The lowest BCUT2D eigenvalue weighted by Crippen LogP contribution is -2.25. The molecule has 1 N–H and O–H groups in total. The second-order valence-electron chi connectivity index (χ2n) is 6.07. The Kier molecular flexibility index (Phi) is 6.57. The highest BCUT2D eigenvalue weighted by molar-refractivity contribution is 5.95. The summed E-state index contributed by atoms with van der Waals surface area (Å²) in [4.78, 5) is 12.5. The number of benzene rings is 2. The molecule has 0 aliphatic rings. The van der Waals surface area contributed by atoms with E-state index in [1.807, 2.05) is 42.5 Å². The molecule has 0 aliphatic heterocycles. The van der Waals surface area contributed by atoms with Crippen molar-refractivity contribution in [3.8, 4) is 17.2 Å². The van der Waals surface area contributed by atoms with Crippen LogP contribution in [0.2, 0.25) is 0 Å². The molecule has 0 unspecified atom stereocenters. The Labute approximate surface area is 164 Å². The number of rotatable bonds is 9. The number of carbonyl (C=O) groups excluding carboxylic acids is 1. The second-order valence-corrected chi connectivity index (χ2v) is 6.07. The van der Waals surface area contributed by atoms with Crippen molar-refractivity contribution in [2.45, 2.75) is 13.0 Å². The van der Waals surface area contributed by atoms with Crippen molar-refractivity contribution in [3.63, 3.8) is 0 Å². The Balaban J connectivity index is 1.71. The maximum absolute atomic E-state index is 12.5. The molecule has 6 heteroatoms. The van der Waals surface area contributed by atoms with Crippen LogP contribution in [0.3, 0.4) is 0 Å². The Hall–Kier alpha value is -3.41. The van der Waals surface area contributed by atoms with E-state index < -0.39 is 0 Å². The Bertz CT molecular complexity index is 866. The number of amides is 1. The molecule has 146 valence electrons. The van der Waals surface area contributed by atoms with Crippen LogP contribution in [-0.2, 0) is 13.0 Å². The number of furan rings is 1. The van der Waals surface area contributed by atoms with Crippen molar-refractivity contribution in [1.29, 1.82) is 0 Å². The molecule has 3 rings (SSSR count). The van der Waals surface area contributed by atoms with Crippen molar-refractivity contribution in [2.24, 2.45) is 0 Å². The summed E-state index contributed by atoms with van der Waals surface area (Å²) < 4.78 is 22.0. The number of hydrogen-bond donors (Lipinski definition) is 1. The molecule has 0 fully saturated rings. The third-order valence-corrected chi connectivity index (χ3v) is 4.19. The zero-order valence-corrected chi connectivity index (χ0v) is 15.9. The highest BCUT2D eigenvalue weighted by Gasteiger charge is 2.18. The molecular weight excluding hydrogens is 358 g/mol. The molecule has 0 bridgehead atoms. The van der Waals surface area contributed by atoms with Crippen molar-refractivity contribution in [1.82, 2.24) is 5.32 Å². The minimum Gasteiger partial charge on any atom is -0.493 e. The molecule has 28 heavy (non-hydrogen) atoms. The van der Waals surface area contributed by atoms with Crippen LogP contribution in [0.1, 0.15) is 21.7 Å². The number of ether oxygens (including phenoxy) is 3. The van der Waals surface area contributed by atoms with E-state index in [4.69, 9.17) is 18.6 Å². The molecule has 0 saturated carbocycles. The van der Waals surface area contributed by atoms with Crippen molar-refractivity contribution < 1.29 is 23.4 Å². The lowest BCUT2D eigenvalue weighted by atomic mass is 10.1. The fraction of sp³-hybridized carbons (Fsp3) is 0.227. The van der Waals surface area contributed by atoms with Gasteiger partial charge in [0.1, 0.15) is 12.4 Å². The van der Waals surface area contributed by atoms with E-state index in [9.17, 15) is 4.79 Å². The summed E-state index contributed by atoms with van der Waals surface area (Å²) in [6.45, 7) is 0.825. The van der Waals surface area contributed by atoms with Gasteiger partial charge in [0.2, 0.25) is 5.75 Å². The fourth-order valence-corrected chi connectivity index (χ4v) is 2.74. The van der Waals surface area contributed by atoms with E-state index in [2.05, 4.69) is 5.32 Å². The van der Waals surface area contributed by atoms with E-state index >= 15 is 0 Å². The zero-order valence-electron chi connectivity index (χ0n) is 15.9. The highest BCUT2D eigenvalue weighted by Crippen LogP contribution is 2.39. The summed E-state index contributed by atoms with van der Waals surface area (Å²) in [5.74, 6) is 1.93. The first-order valence-corrected chi connectivity index (χ1v) is 8.94. The average Bonchev–Trinajstić information content (AvgIpc) is 3.25. The van der Waals surface area contributed by atoms with E-state index in [0.717, 1.165) is 11.3 Å². The minimum absolute atomic E-state index is 0.224. The molecule has 0 atom stereocenters. The molecule has 0 spiro atoms. The molecule has 2 aromatic carbocycles. The molecule has 0 aliphatic carbocycles. The van der Waals surface area contributed by atoms with E-state index in [1.54, 1.807) is 18.4 Å². The van der Waals surface area contributed by atoms with Gasteiger partial charge in [0.15, 0.2) is 11.5 Å². The minimum atomic E-state index is -0.224. The van der Waals surface area contributed by atoms with Gasteiger partial charge < -0.3 is 23.9 Å². The topological polar surface area (TPSA) is 69.9 Å². The summed E-state index contributed by atoms with van der Waals surface area (Å²) in [5, 5.41) is 2.87. The second kappa shape index (κ2) is 9.50. The number of carbonyl (C=O) groups is 1. The van der Waals surface area contributed by atoms with E-state index in [1.165, 1.54) is 14.2 Å². The van der Waals surface area contributed by atoms with Gasteiger partial charge in [-0.15, -0.1) is 0 Å². The lowest BCUT2D eigenvalue weighted by molar-refractivity contribution is 0.0953. The number of nitrogens with one attached hydrogen (secondary N) is 1. The third-order valence-electron chi connectivity index (χ3n) is 4.19. The number of hydrogen-bond acceptors (Lipinski definition) is 5. The van der Waals surface area contributed by atoms with Gasteiger partial charge in [-0.05, 0) is 29.8 Å². The monoisotopic (exact) mass is 381 g/mol. The van der Waals surface area contributed by atoms with Crippen LogP contribution in [0.25, 0.3) is 0 Å². The quantitative estimate of drug-likeness (QED) is 0.610. The molecule has 0 saturated heterocycles. The van der Waals surface area contributed by atoms with Crippen LogP contribution in [-0.4, -0.2) is 26.7 Å². The van der Waals surface area contributed by atoms with E-state index in [-0.39, 0.29) is 5.91 Å². The molecule has 1 amide bonds. The molecule has 1 aromatic heterocycles. The zero-order chi connectivity index (χ0) is 19.8. The van der Waals surface area contributed by atoms with Crippen LogP contribution < -0.4 is 19.5 Å². The van der Waals surface area contributed by atoms with Gasteiger partial charge in [0.25, 0.3) is 5.91 Å². The van der Waals surface area contributed by atoms with Crippen molar-refractivity contribution >= 4 is 5.91 Å². The number of methoxy groups -OCH3 is 2. The highest BCUT2D eigenvalue weighted by atomic mass is 16.5. The van der Waals surface area contributed by atoms with E-state index in [0.29, 0.717) is 42.4 Å². The maximum Gasteiger partial charge on any atom is 0.251 e. The first-order chi connectivity index (χ1) is 13.7. The van der Waals surface area contributed by atoms with Gasteiger partial charge in [0.05, 0.1) is 20.5 Å². The molecule has 0 radical (unpaired) electrons. The van der Waals surface area contributed by atoms with Gasteiger partial charge in [-0.3, -0.25) is 4.79 Å². The molecule has 3 aromatic rings. The first-order valence-electron chi connectivity index (χ1n) is 8.94. The lowest BCUT2D eigenvalue weighted by Gasteiger charge is -2.16. The normalized spacial score (nSPS) is 10.4. The fourth-order valence-electron chi connectivity index (χ4n) is 2.74. The Morgan fingerprint density at radius 2 is 1.71 bits per heavy atom. The van der Waals surface area contributed by atoms with Crippen LogP contribution in [0.15, 0.2) is 65.3 Å². The summed E-state index contributed by atoms with van der Waals surface area (Å²) in [6.07, 6.45) is 2.23. The Morgan fingerprint density at radius 3 is 2.32 bits per heavy atom. The van der Waals surface area contributed by atoms with Gasteiger partial charge in [0, 0.05) is 18.5 Å². The van der Waals surface area contributed by atoms with Crippen LogP contribution in [0.4, 0.5) is 0 Å². The summed E-state index contributed by atoms with van der Waals surface area (Å²) in [7, 11) is 3.06. The summed E-state index contributed by atoms with van der Waals surface area (Å²) in [6, 6.07) is 16.8. The van der Waals surface area contributed by atoms with Crippen LogP contribution in [0, 0.1) is 0 Å². The third kappa shape index (κ3) is 4.85.